The van der Waals surface area contributed by atoms with Crippen molar-refractivity contribution in [3.05, 3.63) is 48.7 Å². The highest BCUT2D eigenvalue weighted by atomic mass is 32.2. The lowest BCUT2D eigenvalue weighted by Gasteiger charge is -2.14. The maximum atomic E-state index is 9.08. The number of aliphatic hydroxyl groups is 1. The smallest absolute Gasteiger partial charge is 0.0931 e. The summed E-state index contributed by atoms with van der Waals surface area (Å²) in [6.07, 6.45) is 1.91. The van der Waals surface area contributed by atoms with Gasteiger partial charge in [0.15, 0.2) is 0 Å². The zero-order chi connectivity index (χ0) is 15.4. The highest BCUT2D eigenvalue weighted by molar-refractivity contribution is 8.00. The fourth-order valence-electron chi connectivity index (χ4n) is 2.22. The molecule has 0 aliphatic carbocycles. The van der Waals surface area contributed by atoms with Crippen LogP contribution in [0, 0.1) is 0 Å². The van der Waals surface area contributed by atoms with Gasteiger partial charge in [-0.05, 0) is 28.9 Å². The van der Waals surface area contributed by atoms with Crippen molar-refractivity contribution in [2.24, 2.45) is 0 Å². The van der Waals surface area contributed by atoms with Crippen LogP contribution in [-0.2, 0) is 0 Å². The van der Waals surface area contributed by atoms with Crippen molar-refractivity contribution in [3.8, 4) is 0 Å². The quantitative estimate of drug-likeness (QED) is 0.360. The van der Waals surface area contributed by atoms with Gasteiger partial charge in [0.2, 0.25) is 0 Å². The van der Waals surface area contributed by atoms with Crippen LogP contribution in [0.2, 0.25) is 0 Å². The highest BCUT2D eigenvalue weighted by Gasteiger charge is 2.10. The molecular weight excluding hydrogens is 331 g/mol. The molecule has 3 nitrogen and oxygen atoms in total. The van der Waals surface area contributed by atoms with Crippen molar-refractivity contribution in [1.82, 2.24) is 4.98 Å². The van der Waals surface area contributed by atoms with Gasteiger partial charge in [0.05, 0.1) is 17.3 Å². The molecule has 114 valence electrons. The number of fused-ring (bicyclic) bond motifs is 1. The van der Waals surface area contributed by atoms with E-state index in [9.17, 15) is 0 Å². The molecule has 3 N–H and O–H groups in total. The minimum atomic E-state index is 0.182. The molecule has 3 rings (SSSR count). The standard InChI is InChI=1S/C16H17N2OPS2/c19-8-9-21-14-10-13(18-22-15-6-3-7-17-15)11-4-1-2-5-12(11)16(14)20/h1-7,10,17-19H,8-9,20H2. The number of aliphatic hydroxyl groups excluding tert-OH is 1. The van der Waals surface area contributed by atoms with E-state index in [1.807, 2.05) is 18.3 Å². The summed E-state index contributed by atoms with van der Waals surface area (Å²) in [5.41, 5.74) is 1.09. The first-order valence-electron chi connectivity index (χ1n) is 6.90. The SMILES string of the molecule is OCCSc1cc(NSc2ccc[nH]2)c2ccccc2c1P. The van der Waals surface area contributed by atoms with E-state index >= 15 is 0 Å². The number of H-pyrrole nitrogens is 1. The Kier molecular flexibility index (Phi) is 5.32. The fourth-order valence-corrected chi connectivity index (χ4v) is 4.24. The fraction of sp³-hybridized carbons (Fsp3) is 0.125. The molecule has 0 bridgehead atoms. The molecule has 2 aromatic carbocycles. The molecule has 0 aliphatic heterocycles. The molecule has 3 aromatic rings. The van der Waals surface area contributed by atoms with Crippen LogP contribution in [0.3, 0.4) is 0 Å². The van der Waals surface area contributed by atoms with Gasteiger partial charge in [-0.3, -0.25) is 0 Å². The third kappa shape index (κ3) is 3.44. The Morgan fingerprint density at radius 2 is 1.95 bits per heavy atom. The van der Waals surface area contributed by atoms with Crippen molar-refractivity contribution in [2.45, 2.75) is 9.92 Å². The van der Waals surface area contributed by atoms with Crippen LogP contribution in [0.15, 0.2) is 58.6 Å². The Balaban J connectivity index is 1.97. The van der Waals surface area contributed by atoms with Crippen molar-refractivity contribution in [3.63, 3.8) is 0 Å². The largest absolute Gasteiger partial charge is 0.396 e. The first-order valence-corrected chi connectivity index (χ1v) is 9.28. The van der Waals surface area contributed by atoms with Gasteiger partial charge in [0.25, 0.3) is 0 Å². The van der Waals surface area contributed by atoms with E-state index in [0.717, 1.165) is 10.7 Å². The Morgan fingerprint density at radius 1 is 1.14 bits per heavy atom. The summed E-state index contributed by atoms with van der Waals surface area (Å²) in [6.45, 7) is 0.182. The molecule has 6 heteroatoms. The number of aromatic nitrogens is 1. The average molecular weight is 348 g/mol. The number of hydrogen-bond acceptors (Lipinski definition) is 4. The number of anilines is 1. The highest BCUT2D eigenvalue weighted by Crippen LogP contribution is 2.32. The lowest BCUT2D eigenvalue weighted by Crippen LogP contribution is -2.02. The number of nitrogens with one attached hydrogen (secondary N) is 2. The van der Waals surface area contributed by atoms with Crippen molar-refractivity contribution >= 4 is 54.7 Å². The molecule has 0 aliphatic rings. The lowest BCUT2D eigenvalue weighted by atomic mass is 10.1. The van der Waals surface area contributed by atoms with E-state index in [4.69, 9.17) is 5.11 Å². The predicted octanol–water partition coefficient (Wildman–Crippen LogP) is 3.87. The van der Waals surface area contributed by atoms with E-state index in [-0.39, 0.29) is 6.61 Å². The molecule has 22 heavy (non-hydrogen) atoms. The molecular formula is C16H17N2OPS2. The maximum Gasteiger partial charge on any atom is 0.0931 e. The Labute approximate surface area is 140 Å². The van der Waals surface area contributed by atoms with Gasteiger partial charge in [-0.2, -0.15) is 0 Å². The Bertz CT molecular complexity index is 762. The molecule has 0 spiro atoms. The van der Waals surface area contributed by atoms with Gasteiger partial charge >= 0.3 is 0 Å². The van der Waals surface area contributed by atoms with Crippen LogP contribution in [0.25, 0.3) is 10.8 Å². The second-order valence-electron chi connectivity index (χ2n) is 4.69. The Morgan fingerprint density at radius 3 is 2.68 bits per heavy atom. The number of benzene rings is 2. The van der Waals surface area contributed by atoms with Crippen LogP contribution in [0.1, 0.15) is 0 Å². The number of aromatic amines is 1. The van der Waals surface area contributed by atoms with Crippen LogP contribution >= 0.6 is 32.9 Å². The second kappa shape index (κ2) is 7.42. The lowest BCUT2D eigenvalue weighted by molar-refractivity contribution is 0.322. The van der Waals surface area contributed by atoms with Gasteiger partial charge in [0.1, 0.15) is 0 Å². The zero-order valence-electron chi connectivity index (χ0n) is 11.9. The third-order valence-corrected chi connectivity index (χ3v) is 5.90. The minimum Gasteiger partial charge on any atom is -0.396 e. The topological polar surface area (TPSA) is 48.0 Å². The maximum absolute atomic E-state index is 9.08. The van der Waals surface area contributed by atoms with Gasteiger partial charge in [-0.25, -0.2) is 0 Å². The summed E-state index contributed by atoms with van der Waals surface area (Å²) >= 11 is 3.23. The second-order valence-corrected chi connectivity index (χ2v) is 7.25. The number of rotatable bonds is 6. The van der Waals surface area contributed by atoms with Crippen LogP contribution < -0.4 is 10.0 Å². The monoisotopic (exact) mass is 348 g/mol. The van der Waals surface area contributed by atoms with E-state index in [2.05, 4.69) is 49.3 Å². The summed E-state index contributed by atoms with van der Waals surface area (Å²) in [4.78, 5) is 4.35. The van der Waals surface area contributed by atoms with E-state index in [1.54, 1.807) is 23.7 Å². The molecule has 0 saturated carbocycles. The summed E-state index contributed by atoms with van der Waals surface area (Å²) in [5, 5.41) is 13.7. The molecule has 0 fully saturated rings. The first kappa shape index (κ1) is 15.8. The summed E-state index contributed by atoms with van der Waals surface area (Å²) in [5.74, 6) is 0.697. The summed E-state index contributed by atoms with van der Waals surface area (Å²) < 4.78 is 3.43. The van der Waals surface area contributed by atoms with E-state index in [1.165, 1.54) is 21.0 Å². The molecule has 1 atom stereocenters. The van der Waals surface area contributed by atoms with Crippen molar-refractivity contribution in [2.75, 3.05) is 17.1 Å². The molecule has 0 saturated heterocycles. The Hall–Kier alpha value is -1.13. The van der Waals surface area contributed by atoms with E-state index in [0.29, 0.717) is 5.75 Å². The van der Waals surface area contributed by atoms with E-state index < -0.39 is 0 Å². The average Bonchev–Trinajstić information content (AvgIpc) is 3.07. The zero-order valence-corrected chi connectivity index (χ0v) is 14.7. The normalized spacial score (nSPS) is 11.0. The summed E-state index contributed by atoms with van der Waals surface area (Å²) in [6, 6.07) is 14.5. The predicted molar refractivity (Wildman–Crippen MR) is 101 cm³/mol. The van der Waals surface area contributed by atoms with Crippen molar-refractivity contribution < 1.29 is 5.11 Å². The third-order valence-electron chi connectivity index (χ3n) is 3.24. The molecule has 1 unspecified atom stereocenters. The van der Waals surface area contributed by atoms with Gasteiger partial charge in [-0.15, -0.1) is 21.0 Å². The van der Waals surface area contributed by atoms with Crippen LogP contribution in [0.5, 0.6) is 0 Å². The van der Waals surface area contributed by atoms with Gasteiger partial charge in [0, 0.05) is 34.2 Å². The minimum absolute atomic E-state index is 0.182. The van der Waals surface area contributed by atoms with Crippen LogP contribution in [0.4, 0.5) is 5.69 Å². The van der Waals surface area contributed by atoms with Gasteiger partial charge in [-0.1, -0.05) is 24.3 Å². The molecule has 0 amide bonds. The molecule has 0 radical (unpaired) electrons. The van der Waals surface area contributed by atoms with Crippen LogP contribution in [-0.4, -0.2) is 22.5 Å². The van der Waals surface area contributed by atoms with Gasteiger partial charge < -0.3 is 14.8 Å². The molecule has 1 heterocycles. The van der Waals surface area contributed by atoms with Crippen molar-refractivity contribution in [1.29, 1.82) is 0 Å². The number of hydrogen-bond donors (Lipinski definition) is 3. The summed E-state index contributed by atoms with van der Waals surface area (Å²) in [7, 11) is 2.83. The first-order chi connectivity index (χ1) is 10.8. The molecule has 1 aromatic heterocycles. The number of thioether (sulfide) groups is 1.